The Kier molecular flexibility index (Phi) is 2.39. The average Bonchev–Trinajstić information content (AvgIpc) is 2.37. The molecule has 56 valence electrons. The summed E-state index contributed by atoms with van der Waals surface area (Å²) in [5.41, 5.74) is 0. The molecule has 1 saturated heterocycles. The molecule has 0 aromatic carbocycles. The second-order valence-electron chi connectivity index (χ2n) is 2.22. The Balaban J connectivity index is 2.35. The first-order chi connectivity index (χ1) is 4.86. The van der Waals surface area contributed by atoms with E-state index in [2.05, 4.69) is 5.16 Å². The van der Waals surface area contributed by atoms with Crippen LogP contribution in [0.4, 0.5) is 0 Å². The molecule has 1 aliphatic rings. The molecule has 0 unspecified atom stereocenters. The highest BCUT2D eigenvalue weighted by molar-refractivity contribution is 5.66. The molecule has 0 saturated carbocycles. The zero-order valence-corrected chi connectivity index (χ0v) is 5.53. The minimum Gasteiger partial charge on any atom is -0.411 e. The summed E-state index contributed by atoms with van der Waals surface area (Å²) in [6.07, 6.45) is 4.12. The molecule has 1 rings (SSSR count). The summed E-state index contributed by atoms with van der Waals surface area (Å²) in [6.45, 7) is 0. The van der Waals surface area contributed by atoms with Crippen LogP contribution in [-0.4, -0.2) is 29.8 Å². The van der Waals surface area contributed by atoms with Crippen LogP contribution in [-0.2, 0) is 4.74 Å². The number of rotatable bonds is 2. The van der Waals surface area contributed by atoms with E-state index in [0.29, 0.717) is 0 Å². The minimum atomic E-state index is -0.100. The first kappa shape index (κ1) is 7.21. The maximum atomic E-state index is 8.12. The average molecular weight is 142 g/mol. The van der Waals surface area contributed by atoms with E-state index in [1.807, 2.05) is 0 Å². The number of nitrogens with one attached hydrogen (secondary N) is 1. The fourth-order valence-electron chi connectivity index (χ4n) is 0.996. The van der Waals surface area contributed by atoms with E-state index in [1.165, 1.54) is 12.4 Å². The molecule has 4 nitrogen and oxygen atoms in total. The molecule has 0 aromatic rings. The first-order valence-corrected chi connectivity index (χ1v) is 3.20. The van der Waals surface area contributed by atoms with Crippen LogP contribution in [0.15, 0.2) is 5.16 Å². The third kappa shape index (κ3) is 1.54. The highest BCUT2D eigenvalue weighted by Crippen LogP contribution is 2.16. The molecule has 1 aliphatic heterocycles. The Hall–Kier alpha value is -0.900. The molecule has 0 spiro atoms. The molecule has 0 aromatic heterocycles. The van der Waals surface area contributed by atoms with Crippen LogP contribution >= 0.6 is 0 Å². The number of nitrogens with zero attached hydrogens (tertiary/aromatic N) is 1. The molecule has 0 radical (unpaired) electrons. The van der Waals surface area contributed by atoms with E-state index in [0.717, 1.165) is 12.8 Å². The van der Waals surface area contributed by atoms with Gasteiger partial charge in [0.25, 0.3) is 0 Å². The van der Waals surface area contributed by atoms with E-state index < -0.39 is 0 Å². The summed E-state index contributed by atoms with van der Waals surface area (Å²) in [5, 5.41) is 17.8. The molecule has 0 amide bonds. The van der Waals surface area contributed by atoms with Gasteiger partial charge in [-0.25, -0.2) is 0 Å². The van der Waals surface area contributed by atoms with Crippen molar-refractivity contribution in [1.29, 1.82) is 5.41 Å². The predicted octanol–water partition coefficient (Wildman–Crippen LogP) is 0.644. The van der Waals surface area contributed by atoms with Crippen molar-refractivity contribution in [1.82, 2.24) is 0 Å². The summed E-state index contributed by atoms with van der Waals surface area (Å²) < 4.78 is 5.20. The van der Waals surface area contributed by atoms with Gasteiger partial charge in [-0.3, -0.25) is 0 Å². The van der Waals surface area contributed by atoms with Crippen LogP contribution in [0.3, 0.4) is 0 Å². The SMILES string of the molecule is N=C[C@@H]1CC[C@H](/C=N/O)O1. The number of ether oxygens (including phenoxy) is 1. The maximum absolute atomic E-state index is 8.12. The lowest BCUT2D eigenvalue weighted by atomic mass is 10.2. The highest BCUT2D eigenvalue weighted by atomic mass is 16.5. The quantitative estimate of drug-likeness (QED) is 0.337. The van der Waals surface area contributed by atoms with E-state index in [-0.39, 0.29) is 12.2 Å². The van der Waals surface area contributed by atoms with Gasteiger partial charge in [0.05, 0.1) is 18.4 Å². The van der Waals surface area contributed by atoms with Crippen molar-refractivity contribution in [2.45, 2.75) is 25.0 Å². The van der Waals surface area contributed by atoms with Crippen LogP contribution in [0, 0.1) is 5.41 Å². The van der Waals surface area contributed by atoms with Crippen molar-refractivity contribution in [3.63, 3.8) is 0 Å². The van der Waals surface area contributed by atoms with Gasteiger partial charge >= 0.3 is 0 Å². The summed E-state index contributed by atoms with van der Waals surface area (Å²) >= 11 is 0. The second-order valence-corrected chi connectivity index (χ2v) is 2.22. The van der Waals surface area contributed by atoms with E-state index in [1.54, 1.807) is 0 Å². The largest absolute Gasteiger partial charge is 0.411 e. The lowest BCUT2D eigenvalue weighted by Gasteiger charge is -2.02. The molecule has 1 heterocycles. The molecular weight excluding hydrogens is 132 g/mol. The van der Waals surface area contributed by atoms with Crippen molar-refractivity contribution in [2.24, 2.45) is 5.16 Å². The van der Waals surface area contributed by atoms with Crippen molar-refractivity contribution < 1.29 is 9.94 Å². The molecule has 0 bridgehead atoms. The molecule has 10 heavy (non-hydrogen) atoms. The lowest BCUT2D eigenvalue weighted by Crippen LogP contribution is -2.12. The fourth-order valence-corrected chi connectivity index (χ4v) is 0.996. The van der Waals surface area contributed by atoms with Gasteiger partial charge in [-0.05, 0) is 12.8 Å². The highest BCUT2D eigenvalue weighted by Gasteiger charge is 2.21. The topological polar surface area (TPSA) is 65.7 Å². The summed E-state index contributed by atoms with van der Waals surface area (Å²) in [6, 6.07) is 0. The van der Waals surface area contributed by atoms with Gasteiger partial charge in [0.1, 0.15) is 0 Å². The molecule has 2 atom stereocenters. The van der Waals surface area contributed by atoms with E-state index in [4.69, 9.17) is 15.4 Å². The number of hydrogen-bond donors (Lipinski definition) is 2. The van der Waals surface area contributed by atoms with Gasteiger partial charge in [-0.1, -0.05) is 5.16 Å². The minimum absolute atomic E-state index is 0.0806. The van der Waals surface area contributed by atoms with Crippen molar-refractivity contribution in [3.8, 4) is 0 Å². The second kappa shape index (κ2) is 3.31. The normalized spacial score (nSPS) is 33.2. The zero-order valence-electron chi connectivity index (χ0n) is 5.53. The van der Waals surface area contributed by atoms with Gasteiger partial charge in [0.15, 0.2) is 0 Å². The van der Waals surface area contributed by atoms with Crippen LogP contribution in [0.25, 0.3) is 0 Å². The molecule has 2 N–H and O–H groups in total. The Morgan fingerprint density at radius 2 is 2.20 bits per heavy atom. The van der Waals surface area contributed by atoms with Crippen LogP contribution in [0.5, 0.6) is 0 Å². The fraction of sp³-hybridized carbons (Fsp3) is 0.667. The smallest absolute Gasteiger partial charge is 0.0969 e. The Bertz CT molecular complexity index is 147. The van der Waals surface area contributed by atoms with Gasteiger partial charge in [-0.2, -0.15) is 0 Å². The molecule has 1 fully saturated rings. The van der Waals surface area contributed by atoms with Crippen molar-refractivity contribution >= 4 is 12.4 Å². The van der Waals surface area contributed by atoms with Crippen LogP contribution in [0.1, 0.15) is 12.8 Å². The Labute approximate surface area is 59.0 Å². The van der Waals surface area contributed by atoms with Gasteiger partial charge in [-0.15, -0.1) is 0 Å². The van der Waals surface area contributed by atoms with Crippen LogP contribution < -0.4 is 0 Å². The van der Waals surface area contributed by atoms with Crippen LogP contribution in [0.2, 0.25) is 0 Å². The van der Waals surface area contributed by atoms with Crippen molar-refractivity contribution in [2.75, 3.05) is 0 Å². The van der Waals surface area contributed by atoms with Gasteiger partial charge in [0.2, 0.25) is 0 Å². The zero-order chi connectivity index (χ0) is 7.40. The van der Waals surface area contributed by atoms with Crippen molar-refractivity contribution in [3.05, 3.63) is 0 Å². The summed E-state index contributed by atoms with van der Waals surface area (Å²) in [5.74, 6) is 0. The first-order valence-electron chi connectivity index (χ1n) is 3.20. The monoisotopic (exact) mass is 142 g/mol. The standard InChI is InChI=1S/C6H10N2O2/c7-3-5-1-2-6(10-5)4-8-9/h3-7,9H,1-2H2/b7-3?,8-4+/t5-,6+/m0/s1. The Morgan fingerprint density at radius 1 is 1.50 bits per heavy atom. The maximum Gasteiger partial charge on any atom is 0.0969 e. The predicted molar refractivity (Wildman–Crippen MR) is 37.0 cm³/mol. The molecule has 4 heteroatoms. The third-order valence-electron chi connectivity index (χ3n) is 1.50. The Morgan fingerprint density at radius 3 is 2.70 bits per heavy atom. The summed E-state index contributed by atoms with van der Waals surface area (Å²) in [4.78, 5) is 0. The third-order valence-corrected chi connectivity index (χ3v) is 1.50. The van der Waals surface area contributed by atoms with Gasteiger partial charge < -0.3 is 15.4 Å². The van der Waals surface area contributed by atoms with E-state index in [9.17, 15) is 0 Å². The van der Waals surface area contributed by atoms with E-state index >= 15 is 0 Å². The number of hydrogen-bond acceptors (Lipinski definition) is 4. The number of oxime groups is 1. The summed E-state index contributed by atoms with van der Waals surface area (Å²) in [7, 11) is 0. The molecule has 0 aliphatic carbocycles. The molecular formula is C6H10N2O2. The van der Waals surface area contributed by atoms with Gasteiger partial charge in [0, 0.05) is 6.21 Å². The lowest BCUT2D eigenvalue weighted by molar-refractivity contribution is 0.126.